The maximum atomic E-state index is 5.93. The van der Waals surface area contributed by atoms with Gasteiger partial charge in [-0.25, -0.2) is 0 Å². The van der Waals surface area contributed by atoms with Gasteiger partial charge in [0, 0.05) is 17.6 Å². The monoisotopic (exact) mass is 292 g/mol. The van der Waals surface area contributed by atoms with Crippen molar-refractivity contribution >= 4 is 11.6 Å². The van der Waals surface area contributed by atoms with Crippen LogP contribution in [0.3, 0.4) is 0 Å². The SMILES string of the molecule is CNC(CCN(C)Cc1ccco1)c1ccc(Cl)cc1. The van der Waals surface area contributed by atoms with E-state index in [0.717, 1.165) is 30.3 Å². The molecule has 0 saturated heterocycles. The molecular weight excluding hydrogens is 272 g/mol. The number of halogens is 1. The molecular formula is C16H21ClN2O. The van der Waals surface area contributed by atoms with Gasteiger partial charge in [0.25, 0.3) is 0 Å². The number of nitrogens with zero attached hydrogens (tertiary/aromatic N) is 1. The number of nitrogens with one attached hydrogen (secondary N) is 1. The Balaban J connectivity index is 1.85. The van der Waals surface area contributed by atoms with E-state index in [1.54, 1.807) is 6.26 Å². The molecule has 4 heteroatoms. The van der Waals surface area contributed by atoms with Crippen LogP contribution in [0.5, 0.6) is 0 Å². The van der Waals surface area contributed by atoms with Gasteiger partial charge in [0.2, 0.25) is 0 Å². The summed E-state index contributed by atoms with van der Waals surface area (Å²) in [7, 11) is 4.10. The summed E-state index contributed by atoms with van der Waals surface area (Å²) in [6.07, 6.45) is 2.75. The van der Waals surface area contributed by atoms with E-state index in [1.165, 1.54) is 5.56 Å². The summed E-state index contributed by atoms with van der Waals surface area (Å²) in [5.41, 5.74) is 1.27. The van der Waals surface area contributed by atoms with E-state index in [0.29, 0.717) is 6.04 Å². The first-order valence-electron chi connectivity index (χ1n) is 6.82. The van der Waals surface area contributed by atoms with Crippen LogP contribution >= 0.6 is 11.6 Å². The van der Waals surface area contributed by atoms with Crippen molar-refractivity contribution in [2.45, 2.75) is 19.0 Å². The van der Waals surface area contributed by atoms with Crippen LogP contribution in [0.2, 0.25) is 5.02 Å². The molecule has 0 radical (unpaired) electrons. The first-order chi connectivity index (χ1) is 9.69. The maximum absolute atomic E-state index is 5.93. The summed E-state index contributed by atoms with van der Waals surface area (Å²) in [4.78, 5) is 2.26. The second-order valence-electron chi connectivity index (χ2n) is 5.00. The fraction of sp³-hybridized carbons (Fsp3) is 0.375. The minimum atomic E-state index is 0.339. The Kier molecular flexibility index (Phi) is 5.65. The molecule has 1 unspecified atom stereocenters. The second-order valence-corrected chi connectivity index (χ2v) is 5.44. The molecule has 2 aromatic rings. The molecule has 0 spiro atoms. The van der Waals surface area contributed by atoms with Gasteiger partial charge in [0.05, 0.1) is 12.8 Å². The van der Waals surface area contributed by atoms with E-state index in [4.69, 9.17) is 16.0 Å². The summed E-state index contributed by atoms with van der Waals surface area (Å²) < 4.78 is 5.36. The fourth-order valence-electron chi connectivity index (χ4n) is 2.27. The van der Waals surface area contributed by atoms with Gasteiger partial charge >= 0.3 is 0 Å². The minimum Gasteiger partial charge on any atom is -0.468 e. The predicted molar refractivity (Wildman–Crippen MR) is 82.9 cm³/mol. The van der Waals surface area contributed by atoms with Gasteiger partial charge in [-0.05, 0) is 50.3 Å². The lowest BCUT2D eigenvalue weighted by molar-refractivity contribution is 0.278. The highest BCUT2D eigenvalue weighted by Gasteiger charge is 2.11. The van der Waals surface area contributed by atoms with Crippen LogP contribution in [0.15, 0.2) is 47.1 Å². The molecule has 0 amide bonds. The highest BCUT2D eigenvalue weighted by molar-refractivity contribution is 6.30. The van der Waals surface area contributed by atoms with E-state index < -0.39 is 0 Å². The third kappa shape index (κ3) is 4.37. The van der Waals surface area contributed by atoms with Gasteiger partial charge in [-0.3, -0.25) is 4.90 Å². The zero-order valence-corrected chi connectivity index (χ0v) is 12.7. The van der Waals surface area contributed by atoms with Crippen molar-refractivity contribution in [3.8, 4) is 0 Å². The summed E-state index contributed by atoms with van der Waals surface area (Å²) in [6, 6.07) is 12.3. The lowest BCUT2D eigenvalue weighted by Gasteiger charge is -2.21. The molecule has 0 aliphatic carbocycles. The lowest BCUT2D eigenvalue weighted by Crippen LogP contribution is -2.25. The first kappa shape index (κ1) is 15.1. The summed E-state index contributed by atoms with van der Waals surface area (Å²) >= 11 is 5.93. The van der Waals surface area contributed by atoms with Crippen molar-refractivity contribution in [3.05, 3.63) is 59.0 Å². The third-order valence-electron chi connectivity index (χ3n) is 3.43. The molecule has 0 aliphatic rings. The Hall–Kier alpha value is -1.29. The van der Waals surface area contributed by atoms with Crippen LogP contribution in [0.1, 0.15) is 23.8 Å². The van der Waals surface area contributed by atoms with E-state index in [-0.39, 0.29) is 0 Å². The normalized spacial score (nSPS) is 12.8. The van der Waals surface area contributed by atoms with Crippen molar-refractivity contribution in [3.63, 3.8) is 0 Å². The molecule has 0 bridgehead atoms. The van der Waals surface area contributed by atoms with Crippen molar-refractivity contribution in [1.29, 1.82) is 0 Å². The quantitative estimate of drug-likeness (QED) is 0.843. The van der Waals surface area contributed by atoms with Crippen LogP contribution in [-0.4, -0.2) is 25.5 Å². The largest absolute Gasteiger partial charge is 0.468 e. The minimum absolute atomic E-state index is 0.339. The fourth-order valence-corrected chi connectivity index (χ4v) is 2.40. The highest BCUT2D eigenvalue weighted by Crippen LogP contribution is 2.19. The van der Waals surface area contributed by atoms with Crippen LogP contribution in [0.4, 0.5) is 0 Å². The molecule has 2 rings (SSSR count). The average molecular weight is 293 g/mol. The van der Waals surface area contributed by atoms with Crippen LogP contribution in [-0.2, 0) is 6.54 Å². The van der Waals surface area contributed by atoms with E-state index in [2.05, 4.69) is 29.4 Å². The van der Waals surface area contributed by atoms with Crippen LogP contribution in [0, 0.1) is 0 Å². The zero-order chi connectivity index (χ0) is 14.4. The average Bonchev–Trinajstić information content (AvgIpc) is 2.94. The Morgan fingerprint density at radius 2 is 2.00 bits per heavy atom. The molecule has 1 N–H and O–H groups in total. The van der Waals surface area contributed by atoms with E-state index >= 15 is 0 Å². The van der Waals surface area contributed by atoms with Gasteiger partial charge in [0.15, 0.2) is 0 Å². The highest BCUT2D eigenvalue weighted by atomic mass is 35.5. The number of hydrogen-bond acceptors (Lipinski definition) is 3. The standard InChI is InChI=1S/C16H21ClN2O/c1-18-16(13-5-7-14(17)8-6-13)9-10-19(2)12-15-4-3-11-20-15/h3-8,11,16,18H,9-10,12H2,1-2H3. The van der Waals surface area contributed by atoms with Crippen molar-refractivity contribution in [1.82, 2.24) is 10.2 Å². The summed E-state index contributed by atoms with van der Waals surface area (Å²) in [5, 5.41) is 4.14. The maximum Gasteiger partial charge on any atom is 0.117 e. The molecule has 0 fully saturated rings. The molecule has 1 aromatic heterocycles. The van der Waals surface area contributed by atoms with Crippen LogP contribution in [0.25, 0.3) is 0 Å². The predicted octanol–water partition coefficient (Wildman–Crippen LogP) is 3.72. The molecule has 1 aromatic carbocycles. The van der Waals surface area contributed by atoms with Gasteiger partial charge in [-0.2, -0.15) is 0 Å². The Labute approximate surface area is 125 Å². The van der Waals surface area contributed by atoms with Crippen molar-refractivity contribution in [2.75, 3.05) is 20.6 Å². The Morgan fingerprint density at radius 1 is 1.25 bits per heavy atom. The molecule has 108 valence electrons. The molecule has 1 atom stereocenters. The molecule has 0 aliphatic heterocycles. The molecule has 3 nitrogen and oxygen atoms in total. The van der Waals surface area contributed by atoms with E-state index in [9.17, 15) is 0 Å². The van der Waals surface area contributed by atoms with E-state index in [1.807, 2.05) is 31.3 Å². The van der Waals surface area contributed by atoms with Crippen molar-refractivity contribution in [2.24, 2.45) is 0 Å². The number of benzene rings is 1. The smallest absolute Gasteiger partial charge is 0.117 e. The number of hydrogen-bond donors (Lipinski definition) is 1. The lowest BCUT2D eigenvalue weighted by atomic mass is 10.0. The number of rotatable bonds is 7. The molecule has 20 heavy (non-hydrogen) atoms. The van der Waals surface area contributed by atoms with Crippen molar-refractivity contribution < 1.29 is 4.42 Å². The summed E-state index contributed by atoms with van der Waals surface area (Å²) in [6.45, 7) is 1.83. The molecule has 0 saturated carbocycles. The third-order valence-corrected chi connectivity index (χ3v) is 3.68. The topological polar surface area (TPSA) is 28.4 Å². The first-order valence-corrected chi connectivity index (χ1v) is 7.20. The zero-order valence-electron chi connectivity index (χ0n) is 12.0. The van der Waals surface area contributed by atoms with Gasteiger partial charge in [-0.1, -0.05) is 23.7 Å². The Bertz CT molecular complexity index is 496. The second kappa shape index (κ2) is 7.48. The van der Waals surface area contributed by atoms with Gasteiger partial charge in [0.1, 0.15) is 5.76 Å². The van der Waals surface area contributed by atoms with Gasteiger partial charge in [-0.15, -0.1) is 0 Å². The van der Waals surface area contributed by atoms with Gasteiger partial charge < -0.3 is 9.73 Å². The summed E-state index contributed by atoms with van der Waals surface area (Å²) in [5.74, 6) is 1.00. The Morgan fingerprint density at radius 3 is 2.60 bits per heavy atom. The van der Waals surface area contributed by atoms with Crippen LogP contribution < -0.4 is 5.32 Å². The number of furan rings is 1. The molecule has 1 heterocycles.